The molecule has 0 atom stereocenters. The summed E-state index contributed by atoms with van der Waals surface area (Å²) >= 11 is 0. The Balaban J connectivity index is 0.000000541. The number of nitrogens with one attached hydrogen (secondary N) is 3. The molecule has 0 heterocycles. The number of amides is 1. The van der Waals surface area contributed by atoms with Crippen molar-refractivity contribution in [3.05, 3.63) is 60.2 Å². The van der Waals surface area contributed by atoms with E-state index < -0.39 is 0 Å². The van der Waals surface area contributed by atoms with E-state index >= 15 is 0 Å². The monoisotopic (exact) mass is 298 g/mol. The predicted octanol–water partition coefficient (Wildman–Crippen LogP) is 0.815. The molecule has 114 valence electrons. The van der Waals surface area contributed by atoms with Crippen molar-refractivity contribution < 1.29 is 4.79 Å². The topological polar surface area (TPSA) is 155 Å². The smallest absolute Gasteiger partial charge is 0.257 e. The molecule has 22 heavy (non-hydrogen) atoms. The van der Waals surface area contributed by atoms with Gasteiger partial charge in [-0.3, -0.25) is 20.9 Å². The molecule has 7 nitrogen and oxygen atoms in total. The highest BCUT2D eigenvalue weighted by atomic mass is 16.1. The molecule has 1 amide bonds. The zero-order valence-electron chi connectivity index (χ0n) is 11.8. The first-order chi connectivity index (χ1) is 10.4. The molecule has 0 bridgehead atoms. The Kier molecular flexibility index (Phi) is 6.11. The van der Waals surface area contributed by atoms with Gasteiger partial charge in [0.25, 0.3) is 5.91 Å². The lowest BCUT2D eigenvalue weighted by molar-refractivity contribution is 0.0976. The van der Waals surface area contributed by atoms with E-state index in [-0.39, 0.29) is 17.8 Å². The summed E-state index contributed by atoms with van der Waals surface area (Å²) in [5, 5.41) is 15.3. The molecule has 2 rings (SSSR count). The van der Waals surface area contributed by atoms with Crippen molar-refractivity contribution >= 4 is 17.8 Å². The fourth-order valence-electron chi connectivity index (χ4n) is 1.64. The number of carbonyl (C=O) groups is 1. The fourth-order valence-corrected chi connectivity index (χ4v) is 1.64. The van der Waals surface area contributed by atoms with Crippen LogP contribution in [-0.4, -0.2) is 17.8 Å². The van der Waals surface area contributed by atoms with Crippen LogP contribution in [-0.2, 0) is 0 Å². The summed E-state index contributed by atoms with van der Waals surface area (Å²) < 4.78 is 0. The molecule has 9 N–H and O–H groups in total. The van der Waals surface area contributed by atoms with E-state index in [2.05, 4.69) is 16.8 Å². The van der Waals surface area contributed by atoms with Crippen molar-refractivity contribution in [1.82, 2.24) is 5.32 Å². The summed E-state index contributed by atoms with van der Waals surface area (Å²) in [7, 11) is 0. The Hall–Kier alpha value is -3.35. The van der Waals surface area contributed by atoms with Crippen LogP contribution in [0.15, 0.2) is 54.6 Å². The van der Waals surface area contributed by atoms with Gasteiger partial charge in [-0.25, -0.2) is 0 Å². The molecule has 0 aliphatic rings. The minimum absolute atomic E-state index is 0.333. The van der Waals surface area contributed by atoms with E-state index in [1.165, 1.54) is 0 Å². The maximum Gasteiger partial charge on any atom is 0.257 e. The maximum absolute atomic E-state index is 11.6. The number of rotatable bonds is 2. The van der Waals surface area contributed by atoms with Gasteiger partial charge in [0.15, 0.2) is 11.9 Å². The van der Waals surface area contributed by atoms with Crippen LogP contribution >= 0.6 is 0 Å². The van der Waals surface area contributed by atoms with Crippen LogP contribution in [0.4, 0.5) is 0 Å². The Morgan fingerprint density at radius 1 is 0.818 bits per heavy atom. The zero-order valence-corrected chi connectivity index (χ0v) is 11.8. The van der Waals surface area contributed by atoms with Crippen LogP contribution in [0, 0.1) is 10.8 Å². The SMILES string of the molecule is N=C(N)N.N=C(N)NC(=O)c1ccc(-c2ccccc2)cc1. The molecule has 0 saturated heterocycles. The largest absolute Gasteiger partial charge is 0.370 e. The quantitative estimate of drug-likeness (QED) is 0.358. The maximum atomic E-state index is 11.6. The Morgan fingerprint density at radius 2 is 1.27 bits per heavy atom. The van der Waals surface area contributed by atoms with E-state index in [4.69, 9.17) is 16.6 Å². The van der Waals surface area contributed by atoms with Crippen molar-refractivity contribution in [2.24, 2.45) is 17.2 Å². The Bertz CT molecular complexity index is 647. The van der Waals surface area contributed by atoms with Gasteiger partial charge in [0.2, 0.25) is 0 Å². The normalized spacial score (nSPS) is 9.09. The van der Waals surface area contributed by atoms with Gasteiger partial charge in [0.05, 0.1) is 0 Å². The summed E-state index contributed by atoms with van der Waals surface area (Å²) in [6, 6.07) is 17.0. The van der Waals surface area contributed by atoms with Crippen molar-refractivity contribution in [3.8, 4) is 11.1 Å². The first-order valence-electron chi connectivity index (χ1n) is 6.30. The molecule has 0 fully saturated rings. The van der Waals surface area contributed by atoms with Gasteiger partial charge in [0.1, 0.15) is 0 Å². The number of hydrogen-bond donors (Lipinski definition) is 6. The van der Waals surface area contributed by atoms with E-state index in [9.17, 15) is 4.79 Å². The lowest BCUT2D eigenvalue weighted by atomic mass is 10.0. The van der Waals surface area contributed by atoms with Gasteiger partial charge in [-0.15, -0.1) is 0 Å². The van der Waals surface area contributed by atoms with Crippen molar-refractivity contribution in [1.29, 1.82) is 10.8 Å². The third-order valence-corrected chi connectivity index (χ3v) is 2.50. The molecule has 0 spiro atoms. The summed E-state index contributed by atoms with van der Waals surface area (Å²) in [5.41, 5.74) is 16.7. The van der Waals surface area contributed by atoms with Gasteiger partial charge >= 0.3 is 0 Å². The van der Waals surface area contributed by atoms with Crippen molar-refractivity contribution in [3.63, 3.8) is 0 Å². The predicted molar refractivity (Wildman–Crippen MR) is 87.4 cm³/mol. The highest BCUT2D eigenvalue weighted by molar-refractivity contribution is 6.04. The number of nitrogens with two attached hydrogens (primary N) is 3. The second-order valence-electron chi connectivity index (χ2n) is 4.27. The van der Waals surface area contributed by atoms with Crippen molar-refractivity contribution in [2.45, 2.75) is 0 Å². The third kappa shape index (κ3) is 5.74. The second kappa shape index (κ2) is 8.05. The standard InChI is InChI=1S/C14H13N3O.CH5N3/c15-14(16)17-13(18)12-8-6-11(7-9-12)10-4-2-1-3-5-10;2-1(3)4/h1-9H,(H4,15,16,17,18);(H5,2,3,4). The van der Waals surface area contributed by atoms with Gasteiger partial charge in [-0.2, -0.15) is 0 Å². The zero-order chi connectivity index (χ0) is 16.5. The number of benzene rings is 2. The van der Waals surface area contributed by atoms with Gasteiger partial charge in [-0.05, 0) is 23.3 Å². The first-order valence-corrected chi connectivity index (χ1v) is 6.30. The fraction of sp³-hybridized carbons (Fsp3) is 0. The molecule has 0 saturated carbocycles. The highest BCUT2D eigenvalue weighted by Gasteiger charge is 2.06. The molecule has 0 aliphatic heterocycles. The minimum atomic E-state index is -0.373. The summed E-state index contributed by atoms with van der Waals surface area (Å²) in [6.07, 6.45) is 0. The molecular weight excluding hydrogens is 280 g/mol. The summed E-state index contributed by atoms with van der Waals surface area (Å²) in [5.74, 6) is -1.06. The van der Waals surface area contributed by atoms with Crippen LogP contribution in [0.2, 0.25) is 0 Å². The molecule has 2 aromatic rings. The third-order valence-electron chi connectivity index (χ3n) is 2.50. The minimum Gasteiger partial charge on any atom is -0.370 e. The summed E-state index contributed by atoms with van der Waals surface area (Å²) in [6.45, 7) is 0. The molecular formula is C15H18N6O. The van der Waals surface area contributed by atoms with E-state index in [0.29, 0.717) is 5.56 Å². The lowest BCUT2D eigenvalue weighted by Gasteiger charge is -2.04. The van der Waals surface area contributed by atoms with E-state index in [1.54, 1.807) is 12.1 Å². The van der Waals surface area contributed by atoms with E-state index in [0.717, 1.165) is 11.1 Å². The molecule has 0 radical (unpaired) electrons. The number of hydrogen-bond acceptors (Lipinski definition) is 3. The molecule has 2 aromatic carbocycles. The van der Waals surface area contributed by atoms with Gasteiger partial charge in [-0.1, -0.05) is 42.5 Å². The number of guanidine groups is 2. The van der Waals surface area contributed by atoms with Crippen LogP contribution < -0.4 is 22.5 Å². The Morgan fingerprint density at radius 3 is 1.73 bits per heavy atom. The second-order valence-corrected chi connectivity index (χ2v) is 4.27. The average Bonchev–Trinajstić information content (AvgIpc) is 2.47. The molecule has 0 aromatic heterocycles. The molecule has 0 unspecified atom stereocenters. The van der Waals surface area contributed by atoms with Gasteiger partial charge < -0.3 is 17.2 Å². The molecule has 0 aliphatic carbocycles. The molecule has 7 heteroatoms. The van der Waals surface area contributed by atoms with Crippen LogP contribution in [0.5, 0.6) is 0 Å². The van der Waals surface area contributed by atoms with Crippen LogP contribution in [0.25, 0.3) is 11.1 Å². The lowest BCUT2D eigenvalue weighted by Crippen LogP contribution is -2.35. The van der Waals surface area contributed by atoms with Crippen LogP contribution in [0.1, 0.15) is 10.4 Å². The van der Waals surface area contributed by atoms with Crippen LogP contribution in [0.3, 0.4) is 0 Å². The highest BCUT2D eigenvalue weighted by Crippen LogP contribution is 2.19. The first kappa shape index (κ1) is 16.7. The van der Waals surface area contributed by atoms with Gasteiger partial charge in [0, 0.05) is 5.56 Å². The Labute approximate surface area is 128 Å². The number of carbonyl (C=O) groups excluding carboxylic acids is 1. The van der Waals surface area contributed by atoms with E-state index in [1.807, 2.05) is 42.5 Å². The summed E-state index contributed by atoms with van der Waals surface area (Å²) in [4.78, 5) is 11.6. The van der Waals surface area contributed by atoms with Crippen molar-refractivity contribution in [2.75, 3.05) is 0 Å². The average molecular weight is 298 g/mol.